The van der Waals surface area contributed by atoms with Crippen molar-refractivity contribution in [2.24, 2.45) is 29.6 Å². The fourth-order valence-corrected chi connectivity index (χ4v) is 4.56. The molecular weight excluding hydrogens is 236 g/mol. The Morgan fingerprint density at radius 2 is 1.21 bits per heavy atom. The fourth-order valence-electron chi connectivity index (χ4n) is 4.56. The number of ether oxygens (including phenoxy) is 1. The molecule has 2 aliphatic rings. The molecule has 2 fully saturated rings. The van der Waals surface area contributed by atoms with Crippen molar-refractivity contribution in [2.75, 3.05) is 0 Å². The average Bonchev–Trinajstić information content (AvgIpc) is 2.30. The van der Waals surface area contributed by atoms with E-state index in [4.69, 9.17) is 4.74 Å². The summed E-state index contributed by atoms with van der Waals surface area (Å²) in [5.41, 5.74) is 0. The summed E-state index contributed by atoms with van der Waals surface area (Å²) in [6.45, 7) is 11.4. The Labute approximate surface area is 118 Å². The van der Waals surface area contributed by atoms with E-state index in [1.54, 1.807) is 0 Å². The Kier molecular flexibility index (Phi) is 4.94. The second-order valence-electron chi connectivity index (χ2n) is 7.67. The molecule has 0 aromatic rings. The molecule has 0 amide bonds. The van der Waals surface area contributed by atoms with Gasteiger partial charge in [0.2, 0.25) is 0 Å². The number of aliphatic hydroxyl groups is 1. The summed E-state index contributed by atoms with van der Waals surface area (Å²) < 4.78 is 6.48. The predicted molar refractivity (Wildman–Crippen MR) is 79.0 cm³/mol. The zero-order valence-electron chi connectivity index (χ0n) is 13.3. The molecule has 0 saturated heterocycles. The Morgan fingerprint density at radius 1 is 0.737 bits per heavy atom. The molecule has 112 valence electrons. The van der Waals surface area contributed by atoms with E-state index in [1.807, 2.05) is 0 Å². The number of hydrogen-bond acceptors (Lipinski definition) is 2. The molecule has 0 spiro atoms. The third-order valence-electron chi connectivity index (χ3n) is 5.45. The van der Waals surface area contributed by atoms with Gasteiger partial charge in [-0.25, -0.2) is 0 Å². The van der Waals surface area contributed by atoms with Crippen molar-refractivity contribution >= 4 is 0 Å². The summed E-state index contributed by atoms with van der Waals surface area (Å²) in [6, 6.07) is 0. The van der Waals surface area contributed by atoms with Gasteiger partial charge < -0.3 is 9.84 Å². The van der Waals surface area contributed by atoms with Gasteiger partial charge in [0, 0.05) is 0 Å². The highest BCUT2D eigenvalue weighted by molar-refractivity contribution is 4.86. The van der Waals surface area contributed by atoms with E-state index >= 15 is 0 Å². The van der Waals surface area contributed by atoms with E-state index < -0.39 is 0 Å². The maximum Gasteiger partial charge on any atom is 0.0630 e. The minimum atomic E-state index is -0.138. The van der Waals surface area contributed by atoms with Crippen LogP contribution in [0.3, 0.4) is 0 Å². The fraction of sp³-hybridized carbons (Fsp3) is 1.00. The molecule has 1 N–H and O–H groups in total. The lowest BCUT2D eigenvalue weighted by molar-refractivity contribution is -0.128. The van der Waals surface area contributed by atoms with Crippen LogP contribution in [0, 0.1) is 29.6 Å². The summed E-state index contributed by atoms with van der Waals surface area (Å²) in [4.78, 5) is 0. The van der Waals surface area contributed by atoms with E-state index in [9.17, 15) is 5.11 Å². The highest BCUT2D eigenvalue weighted by Crippen LogP contribution is 2.38. The van der Waals surface area contributed by atoms with Crippen LogP contribution in [0.5, 0.6) is 0 Å². The molecule has 0 heterocycles. The van der Waals surface area contributed by atoms with Crippen LogP contribution in [0.1, 0.15) is 60.3 Å². The van der Waals surface area contributed by atoms with Crippen molar-refractivity contribution in [2.45, 2.75) is 78.6 Å². The normalized spacial score (nSPS) is 52.1. The quantitative estimate of drug-likeness (QED) is 0.824. The Morgan fingerprint density at radius 3 is 1.68 bits per heavy atom. The topological polar surface area (TPSA) is 29.5 Å². The van der Waals surface area contributed by atoms with E-state index in [2.05, 4.69) is 34.6 Å². The lowest BCUT2D eigenvalue weighted by Crippen LogP contribution is -2.43. The van der Waals surface area contributed by atoms with Gasteiger partial charge in [-0.3, -0.25) is 0 Å². The first-order valence-corrected chi connectivity index (χ1v) is 8.22. The van der Waals surface area contributed by atoms with Gasteiger partial charge in [0.25, 0.3) is 0 Å². The van der Waals surface area contributed by atoms with Gasteiger partial charge in [0.15, 0.2) is 0 Å². The van der Waals surface area contributed by atoms with Crippen molar-refractivity contribution in [3.05, 3.63) is 0 Å². The van der Waals surface area contributed by atoms with Crippen molar-refractivity contribution < 1.29 is 9.84 Å². The summed E-state index contributed by atoms with van der Waals surface area (Å²) in [5.74, 6) is 2.95. The van der Waals surface area contributed by atoms with Crippen LogP contribution in [-0.4, -0.2) is 23.4 Å². The Hall–Kier alpha value is -0.0800. The van der Waals surface area contributed by atoms with Crippen molar-refractivity contribution in [1.29, 1.82) is 0 Å². The summed E-state index contributed by atoms with van der Waals surface area (Å²) >= 11 is 0. The van der Waals surface area contributed by atoms with Gasteiger partial charge in [0.1, 0.15) is 0 Å². The molecule has 4 atom stereocenters. The van der Waals surface area contributed by atoms with Gasteiger partial charge in [0.05, 0.1) is 18.3 Å². The predicted octanol–water partition coefficient (Wildman–Crippen LogP) is 3.87. The van der Waals surface area contributed by atoms with E-state index in [0.29, 0.717) is 35.9 Å². The summed E-state index contributed by atoms with van der Waals surface area (Å²) in [5, 5.41) is 10.1. The van der Waals surface area contributed by atoms with Crippen LogP contribution in [-0.2, 0) is 4.74 Å². The summed E-state index contributed by atoms with van der Waals surface area (Å²) in [6.07, 6.45) is 5.30. The zero-order chi connectivity index (χ0) is 14.2. The largest absolute Gasteiger partial charge is 0.393 e. The molecule has 2 nitrogen and oxygen atoms in total. The van der Waals surface area contributed by atoms with Crippen LogP contribution in [0.25, 0.3) is 0 Å². The minimum Gasteiger partial charge on any atom is -0.393 e. The molecule has 0 aliphatic heterocycles. The second kappa shape index (κ2) is 6.13. The molecule has 2 heteroatoms. The molecule has 4 unspecified atom stereocenters. The summed E-state index contributed by atoms with van der Waals surface area (Å²) in [7, 11) is 0. The second-order valence-corrected chi connectivity index (χ2v) is 7.67. The van der Waals surface area contributed by atoms with Gasteiger partial charge >= 0.3 is 0 Å². The van der Waals surface area contributed by atoms with E-state index in [1.165, 1.54) is 12.8 Å². The minimum absolute atomic E-state index is 0.138. The van der Waals surface area contributed by atoms with E-state index in [0.717, 1.165) is 18.8 Å². The first-order chi connectivity index (χ1) is 8.88. The molecule has 2 saturated carbocycles. The first-order valence-electron chi connectivity index (χ1n) is 8.22. The van der Waals surface area contributed by atoms with Crippen LogP contribution in [0.15, 0.2) is 0 Å². The maximum absolute atomic E-state index is 10.1. The van der Waals surface area contributed by atoms with Crippen LogP contribution in [0.4, 0.5) is 0 Å². The van der Waals surface area contributed by atoms with Crippen LogP contribution >= 0.6 is 0 Å². The Bertz CT molecular complexity index is 267. The van der Waals surface area contributed by atoms with Gasteiger partial charge in [-0.15, -0.1) is 0 Å². The molecule has 0 aromatic carbocycles. The van der Waals surface area contributed by atoms with Crippen LogP contribution in [0.2, 0.25) is 0 Å². The standard InChI is InChI=1S/C17H32O2/c1-10-6-13(4)17(14(5)7-10)19-15-8-11(2)16(18)12(3)9-15/h10-18H,6-9H2,1-5H3. The van der Waals surface area contributed by atoms with Crippen molar-refractivity contribution in [1.82, 2.24) is 0 Å². The number of rotatable bonds is 2. The first kappa shape index (κ1) is 15.3. The maximum atomic E-state index is 10.1. The number of aliphatic hydroxyl groups excluding tert-OH is 1. The smallest absolute Gasteiger partial charge is 0.0630 e. The molecule has 2 rings (SSSR count). The lowest BCUT2D eigenvalue weighted by Gasteiger charge is -2.43. The monoisotopic (exact) mass is 268 g/mol. The van der Waals surface area contributed by atoms with Gasteiger partial charge in [-0.1, -0.05) is 34.6 Å². The molecule has 0 aromatic heterocycles. The number of hydrogen-bond donors (Lipinski definition) is 1. The molecule has 2 aliphatic carbocycles. The average molecular weight is 268 g/mol. The SMILES string of the molecule is CC1CC(C)C(OC2CC(C)C(O)C(C)C2)C(C)C1. The third kappa shape index (κ3) is 3.52. The van der Waals surface area contributed by atoms with Gasteiger partial charge in [-0.05, 0) is 55.3 Å². The molecular formula is C17H32O2. The van der Waals surface area contributed by atoms with Gasteiger partial charge in [-0.2, -0.15) is 0 Å². The van der Waals surface area contributed by atoms with E-state index in [-0.39, 0.29) is 6.10 Å². The third-order valence-corrected chi connectivity index (χ3v) is 5.45. The lowest BCUT2D eigenvalue weighted by atomic mass is 9.74. The van der Waals surface area contributed by atoms with Crippen molar-refractivity contribution in [3.8, 4) is 0 Å². The van der Waals surface area contributed by atoms with Crippen molar-refractivity contribution in [3.63, 3.8) is 0 Å². The highest BCUT2D eigenvalue weighted by atomic mass is 16.5. The molecule has 0 radical (unpaired) electrons. The highest BCUT2D eigenvalue weighted by Gasteiger charge is 2.37. The zero-order valence-corrected chi connectivity index (χ0v) is 13.3. The molecule has 19 heavy (non-hydrogen) atoms. The van der Waals surface area contributed by atoms with Crippen LogP contribution < -0.4 is 0 Å². The Balaban J connectivity index is 1.93. The molecule has 0 bridgehead atoms.